The molecule has 1 aromatic rings. The summed E-state index contributed by atoms with van der Waals surface area (Å²) in [7, 11) is 2.13. The van der Waals surface area contributed by atoms with Gasteiger partial charge in [-0.05, 0) is 31.0 Å². The number of benzene rings is 1. The van der Waals surface area contributed by atoms with E-state index in [1.165, 1.54) is 0 Å². The van der Waals surface area contributed by atoms with E-state index in [2.05, 4.69) is 38.8 Å². The maximum atomic E-state index is 8.95. The molecule has 0 aromatic heterocycles. The van der Waals surface area contributed by atoms with Gasteiger partial charge in [0.15, 0.2) is 0 Å². The monoisotopic (exact) mass is 260 g/mol. The van der Waals surface area contributed by atoms with E-state index in [0.717, 1.165) is 19.5 Å². The molecule has 0 unspecified atom stereocenters. The van der Waals surface area contributed by atoms with Crippen molar-refractivity contribution in [3.05, 3.63) is 29.8 Å². The zero-order chi connectivity index (χ0) is 14.3. The van der Waals surface area contributed by atoms with Crippen molar-refractivity contribution in [2.45, 2.75) is 27.2 Å². The molecule has 19 heavy (non-hydrogen) atoms. The summed E-state index contributed by atoms with van der Waals surface area (Å²) in [6.45, 7) is 9.44. The maximum absolute atomic E-state index is 8.95. The van der Waals surface area contributed by atoms with Crippen LogP contribution < -0.4 is 4.74 Å². The van der Waals surface area contributed by atoms with Crippen LogP contribution in [0.5, 0.6) is 5.75 Å². The summed E-state index contributed by atoms with van der Waals surface area (Å²) in [6, 6.07) is 9.50. The SMILES string of the molecule is CN(CCCOc1ccccc1C#N)CC(C)(C)C. The van der Waals surface area contributed by atoms with Crippen LogP contribution in [0.4, 0.5) is 0 Å². The molecule has 0 amide bonds. The fraction of sp³-hybridized carbons (Fsp3) is 0.562. The number of hydrogen-bond donors (Lipinski definition) is 0. The molecule has 3 nitrogen and oxygen atoms in total. The van der Waals surface area contributed by atoms with Gasteiger partial charge in [-0.1, -0.05) is 32.9 Å². The Morgan fingerprint density at radius 1 is 1.26 bits per heavy atom. The predicted molar refractivity (Wildman–Crippen MR) is 78.2 cm³/mol. The van der Waals surface area contributed by atoms with E-state index >= 15 is 0 Å². The third-order valence-electron chi connectivity index (χ3n) is 2.69. The number of hydrogen-bond acceptors (Lipinski definition) is 3. The van der Waals surface area contributed by atoms with Crippen molar-refractivity contribution in [1.82, 2.24) is 4.90 Å². The minimum absolute atomic E-state index is 0.322. The van der Waals surface area contributed by atoms with Gasteiger partial charge in [-0.2, -0.15) is 5.26 Å². The van der Waals surface area contributed by atoms with Gasteiger partial charge in [0.2, 0.25) is 0 Å². The molecule has 0 aliphatic rings. The van der Waals surface area contributed by atoms with Crippen LogP contribution in [0, 0.1) is 16.7 Å². The van der Waals surface area contributed by atoms with Crippen LogP contribution in [-0.2, 0) is 0 Å². The topological polar surface area (TPSA) is 36.3 Å². The van der Waals surface area contributed by atoms with Gasteiger partial charge in [0, 0.05) is 13.1 Å². The average molecular weight is 260 g/mol. The van der Waals surface area contributed by atoms with Crippen molar-refractivity contribution in [3.8, 4) is 11.8 Å². The van der Waals surface area contributed by atoms with Gasteiger partial charge in [-0.15, -0.1) is 0 Å². The van der Waals surface area contributed by atoms with Crippen LogP contribution in [0.25, 0.3) is 0 Å². The van der Waals surface area contributed by atoms with Gasteiger partial charge in [0.1, 0.15) is 11.8 Å². The second-order valence-electron chi connectivity index (χ2n) is 6.11. The van der Waals surface area contributed by atoms with Crippen molar-refractivity contribution >= 4 is 0 Å². The fourth-order valence-corrected chi connectivity index (χ4v) is 2.09. The summed E-state index contributed by atoms with van der Waals surface area (Å²) in [5, 5.41) is 8.95. The maximum Gasteiger partial charge on any atom is 0.137 e. The molecule has 0 saturated carbocycles. The van der Waals surface area contributed by atoms with Crippen LogP contribution in [0.3, 0.4) is 0 Å². The van der Waals surface area contributed by atoms with Gasteiger partial charge in [-0.25, -0.2) is 0 Å². The molecule has 0 radical (unpaired) electrons. The fourth-order valence-electron chi connectivity index (χ4n) is 2.09. The van der Waals surface area contributed by atoms with Crippen molar-refractivity contribution in [2.75, 3.05) is 26.7 Å². The Balaban J connectivity index is 2.30. The summed E-state index contributed by atoms with van der Waals surface area (Å²) in [4.78, 5) is 2.32. The predicted octanol–water partition coefficient (Wildman–Crippen LogP) is 3.31. The highest BCUT2D eigenvalue weighted by atomic mass is 16.5. The van der Waals surface area contributed by atoms with E-state index in [4.69, 9.17) is 10.00 Å². The lowest BCUT2D eigenvalue weighted by molar-refractivity contribution is 0.207. The highest BCUT2D eigenvalue weighted by molar-refractivity contribution is 5.42. The first-order chi connectivity index (χ1) is 8.92. The minimum Gasteiger partial charge on any atom is -0.492 e. The third kappa shape index (κ3) is 6.26. The van der Waals surface area contributed by atoms with E-state index < -0.39 is 0 Å². The van der Waals surface area contributed by atoms with Crippen LogP contribution in [-0.4, -0.2) is 31.6 Å². The molecule has 1 aromatic carbocycles. The largest absolute Gasteiger partial charge is 0.492 e. The molecule has 0 aliphatic heterocycles. The summed E-state index contributed by atoms with van der Waals surface area (Å²) >= 11 is 0. The normalized spacial score (nSPS) is 11.4. The van der Waals surface area contributed by atoms with Crippen molar-refractivity contribution < 1.29 is 4.74 Å². The zero-order valence-electron chi connectivity index (χ0n) is 12.4. The Hall–Kier alpha value is -1.53. The van der Waals surface area contributed by atoms with Gasteiger partial charge in [0.25, 0.3) is 0 Å². The van der Waals surface area contributed by atoms with Crippen LogP contribution in [0.15, 0.2) is 24.3 Å². The Morgan fingerprint density at radius 2 is 1.95 bits per heavy atom. The summed E-state index contributed by atoms with van der Waals surface area (Å²) in [5.74, 6) is 0.684. The number of rotatable bonds is 6. The standard InChI is InChI=1S/C16H24N2O/c1-16(2,3)13-18(4)10-7-11-19-15-9-6-5-8-14(15)12-17/h5-6,8-9H,7,10-11,13H2,1-4H3. The first kappa shape index (κ1) is 15.5. The molecule has 3 heteroatoms. The van der Waals surface area contributed by atoms with Gasteiger partial charge < -0.3 is 9.64 Å². The van der Waals surface area contributed by atoms with E-state index in [1.54, 1.807) is 6.07 Å². The second-order valence-corrected chi connectivity index (χ2v) is 6.11. The number of para-hydroxylation sites is 1. The van der Waals surface area contributed by atoms with Gasteiger partial charge in [0.05, 0.1) is 12.2 Å². The summed E-state index contributed by atoms with van der Waals surface area (Å²) < 4.78 is 5.66. The minimum atomic E-state index is 0.322. The molecule has 0 spiro atoms. The van der Waals surface area contributed by atoms with Crippen molar-refractivity contribution in [3.63, 3.8) is 0 Å². The van der Waals surface area contributed by atoms with Crippen LogP contribution in [0.2, 0.25) is 0 Å². The summed E-state index contributed by atoms with van der Waals surface area (Å²) in [6.07, 6.45) is 0.965. The molecule has 104 valence electrons. The molecule has 0 atom stereocenters. The molecule has 0 saturated heterocycles. The zero-order valence-corrected chi connectivity index (χ0v) is 12.4. The van der Waals surface area contributed by atoms with E-state index in [-0.39, 0.29) is 0 Å². The second kappa shape index (κ2) is 7.16. The lowest BCUT2D eigenvalue weighted by Crippen LogP contribution is -2.30. The van der Waals surface area contributed by atoms with Crippen molar-refractivity contribution in [2.24, 2.45) is 5.41 Å². The summed E-state index contributed by atoms with van der Waals surface area (Å²) in [5.41, 5.74) is 0.925. The molecule has 0 heterocycles. The van der Waals surface area contributed by atoms with E-state index in [0.29, 0.717) is 23.3 Å². The first-order valence-corrected chi connectivity index (χ1v) is 6.73. The third-order valence-corrected chi connectivity index (χ3v) is 2.69. The first-order valence-electron chi connectivity index (χ1n) is 6.73. The molecule has 0 bridgehead atoms. The quantitative estimate of drug-likeness (QED) is 0.736. The Labute approximate surface area is 116 Å². The molecule has 0 fully saturated rings. The Bertz CT molecular complexity index is 429. The lowest BCUT2D eigenvalue weighted by atomic mass is 9.96. The Morgan fingerprint density at radius 3 is 2.58 bits per heavy atom. The van der Waals surface area contributed by atoms with Gasteiger partial charge in [-0.3, -0.25) is 0 Å². The lowest BCUT2D eigenvalue weighted by Gasteiger charge is -2.26. The van der Waals surface area contributed by atoms with E-state index in [9.17, 15) is 0 Å². The average Bonchev–Trinajstić information content (AvgIpc) is 2.33. The molecule has 0 N–H and O–H groups in total. The number of nitrogens with zero attached hydrogens (tertiary/aromatic N) is 2. The van der Waals surface area contributed by atoms with Crippen LogP contribution in [0.1, 0.15) is 32.8 Å². The van der Waals surface area contributed by atoms with Crippen molar-refractivity contribution in [1.29, 1.82) is 5.26 Å². The highest BCUT2D eigenvalue weighted by Gasteiger charge is 2.12. The van der Waals surface area contributed by atoms with Crippen LogP contribution >= 0.6 is 0 Å². The highest BCUT2D eigenvalue weighted by Crippen LogP contribution is 2.17. The van der Waals surface area contributed by atoms with Gasteiger partial charge >= 0.3 is 0 Å². The smallest absolute Gasteiger partial charge is 0.137 e. The number of ether oxygens (including phenoxy) is 1. The number of nitriles is 1. The molecule has 1 rings (SSSR count). The molecular weight excluding hydrogens is 236 g/mol. The Kier molecular flexibility index (Phi) is 5.85. The molecule has 0 aliphatic carbocycles. The van der Waals surface area contributed by atoms with E-state index in [1.807, 2.05) is 18.2 Å². The molecular formula is C16H24N2O.